The quantitative estimate of drug-likeness (QED) is 0.694. The van der Waals surface area contributed by atoms with E-state index in [2.05, 4.69) is 10.3 Å². The minimum Gasteiger partial charge on any atom is -0.493 e. The smallest absolute Gasteiger partial charge is 0.220 e. The van der Waals surface area contributed by atoms with Gasteiger partial charge >= 0.3 is 0 Å². The third kappa shape index (κ3) is 3.60. The molecule has 1 fully saturated rings. The number of nitrogens with one attached hydrogen (secondary N) is 1. The lowest BCUT2D eigenvalue weighted by Crippen LogP contribution is -2.25. The molecule has 1 aliphatic rings. The molecule has 1 aromatic heterocycles. The second-order valence-corrected chi connectivity index (χ2v) is 7.36. The maximum atomic E-state index is 11.6. The summed E-state index contributed by atoms with van der Waals surface area (Å²) in [5.74, 6) is 2.32. The number of hydrogen-bond acceptors (Lipinski definition) is 5. The van der Waals surface area contributed by atoms with Crippen molar-refractivity contribution in [2.24, 2.45) is 13.0 Å². The van der Waals surface area contributed by atoms with Crippen LogP contribution < -0.4 is 19.5 Å². The molecular weight excluding hydrogens is 370 g/mol. The fourth-order valence-electron chi connectivity index (χ4n) is 3.78. The Balaban J connectivity index is 1.74. The number of imidazole rings is 1. The van der Waals surface area contributed by atoms with Crippen LogP contribution in [0.3, 0.4) is 0 Å². The number of fused-ring (bicyclic) bond motifs is 1. The third-order valence-corrected chi connectivity index (χ3v) is 5.48. The average Bonchev–Trinajstić information content (AvgIpc) is 3.33. The first-order valence-corrected chi connectivity index (χ1v) is 9.61. The van der Waals surface area contributed by atoms with Gasteiger partial charge in [0.2, 0.25) is 5.91 Å². The predicted molar refractivity (Wildman–Crippen MR) is 110 cm³/mol. The van der Waals surface area contributed by atoms with Crippen molar-refractivity contribution >= 4 is 16.9 Å². The zero-order valence-electron chi connectivity index (χ0n) is 17.1. The van der Waals surface area contributed by atoms with Crippen LogP contribution in [0.15, 0.2) is 36.7 Å². The van der Waals surface area contributed by atoms with E-state index in [0.717, 1.165) is 27.9 Å². The Hall–Kier alpha value is -3.22. The van der Waals surface area contributed by atoms with Gasteiger partial charge in [0.25, 0.3) is 0 Å². The van der Waals surface area contributed by atoms with E-state index in [-0.39, 0.29) is 17.9 Å². The third-order valence-electron chi connectivity index (χ3n) is 5.48. The molecule has 152 valence electrons. The lowest BCUT2D eigenvalue weighted by Gasteiger charge is -2.21. The number of ether oxygens (including phenoxy) is 3. The fraction of sp³-hybridized carbons (Fsp3) is 0.364. The number of rotatable bonds is 6. The van der Waals surface area contributed by atoms with Crippen LogP contribution in [-0.2, 0) is 11.8 Å². The molecule has 0 radical (unpaired) electrons. The molecule has 2 aromatic carbocycles. The summed E-state index contributed by atoms with van der Waals surface area (Å²) in [6.07, 6.45) is 2.17. The number of amides is 1. The number of aryl methyl sites for hydroxylation is 1. The lowest BCUT2D eigenvalue weighted by molar-refractivity contribution is -0.119. The van der Waals surface area contributed by atoms with Crippen LogP contribution in [0, 0.1) is 5.92 Å². The SMILES string of the molecule is COc1ccc(-c2cc(O[C@H](C)C3CNC(=O)C3)c3c(c2)ncn3C)cc1OC. The Labute approximate surface area is 169 Å². The first kappa shape index (κ1) is 19.1. The Kier molecular flexibility index (Phi) is 5.05. The van der Waals surface area contributed by atoms with Gasteiger partial charge in [-0.15, -0.1) is 0 Å². The number of carbonyl (C=O) groups is 1. The van der Waals surface area contributed by atoms with Gasteiger partial charge < -0.3 is 24.1 Å². The van der Waals surface area contributed by atoms with Crippen molar-refractivity contribution < 1.29 is 19.0 Å². The number of nitrogens with zero attached hydrogens (tertiary/aromatic N) is 2. The van der Waals surface area contributed by atoms with Gasteiger partial charge in [-0.3, -0.25) is 4.79 Å². The molecule has 1 saturated heterocycles. The topological polar surface area (TPSA) is 74.6 Å². The number of carbonyl (C=O) groups excluding carboxylic acids is 1. The average molecular weight is 395 g/mol. The normalized spacial score (nSPS) is 17.2. The van der Waals surface area contributed by atoms with Gasteiger partial charge in [0, 0.05) is 25.9 Å². The molecule has 1 N–H and O–H groups in total. The highest BCUT2D eigenvalue weighted by molar-refractivity contribution is 5.88. The van der Waals surface area contributed by atoms with Crippen molar-refractivity contribution in [2.45, 2.75) is 19.4 Å². The van der Waals surface area contributed by atoms with E-state index in [1.165, 1.54) is 0 Å². The minimum absolute atomic E-state index is 0.0789. The maximum absolute atomic E-state index is 11.6. The lowest BCUT2D eigenvalue weighted by atomic mass is 10.0. The molecule has 1 unspecified atom stereocenters. The van der Waals surface area contributed by atoms with Crippen LogP contribution in [0.5, 0.6) is 17.2 Å². The molecule has 0 spiro atoms. The van der Waals surface area contributed by atoms with Crippen molar-refractivity contribution in [3.8, 4) is 28.4 Å². The highest BCUT2D eigenvalue weighted by Gasteiger charge is 2.28. The van der Waals surface area contributed by atoms with Crippen LogP contribution in [0.4, 0.5) is 0 Å². The highest BCUT2D eigenvalue weighted by atomic mass is 16.5. The zero-order valence-corrected chi connectivity index (χ0v) is 17.1. The Morgan fingerprint density at radius 2 is 1.86 bits per heavy atom. The van der Waals surface area contributed by atoms with Crippen molar-refractivity contribution in [1.82, 2.24) is 14.9 Å². The molecule has 4 rings (SSSR count). The van der Waals surface area contributed by atoms with E-state index in [9.17, 15) is 4.79 Å². The number of hydrogen-bond donors (Lipinski definition) is 1. The van der Waals surface area contributed by atoms with Crippen molar-refractivity contribution in [3.05, 3.63) is 36.7 Å². The summed E-state index contributed by atoms with van der Waals surface area (Å²) in [4.78, 5) is 16.1. The molecule has 2 atom stereocenters. The van der Waals surface area contributed by atoms with Crippen LogP contribution in [0.1, 0.15) is 13.3 Å². The highest BCUT2D eigenvalue weighted by Crippen LogP contribution is 2.37. The molecule has 7 nitrogen and oxygen atoms in total. The van der Waals surface area contributed by atoms with Crippen LogP contribution in [0.2, 0.25) is 0 Å². The Morgan fingerprint density at radius 1 is 1.10 bits per heavy atom. The van der Waals surface area contributed by atoms with E-state index in [1.807, 2.05) is 48.9 Å². The summed E-state index contributed by atoms with van der Waals surface area (Å²) in [6, 6.07) is 9.87. The molecule has 2 heterocycles. The molecule has 1 aliphatic heterocycles. The van der Waals surface area contributed by atoms with Crippen LogP contribution in [-0.4, -0.2) is 42.3 Å². The van der Waals surface area contributed by atoms with E-state index >= 15 is 0 Å². The summed E-state index contributed by atoms with van der Waals surface area (Å²) >= 11 is 0. The molecule has 3 aromatic rings. The number of aromatic nitrogens is 2. The van der Waals surface area contributed by atoms with Gasteiger partial charge in [-0.1, -0.05) is 6.07 Å². The van der Waals surface area contributed by atoms with Gasteiger partial charge in [-0.2, -0.15) is 0 Å². The van der Waals surface area contributed by atoms with E-state index < -0.39 is 0 Å². The standard InChI is InChI=1S/C22H25N3O4/c1-13(16-10-21(26)23-11-16)29-20-9-15(7-17-22(20)25(2)12-24-17)14-5-6-18(27-3)19(8-14)28-4/h5-9,12-13,16H,10-11H2,1-4H3,(H,23,26)/t13-,16?/m1/s1. The number of methoxy groups -OCH3 is 2. The maximum Gasteiger partial charge on any atom is 0.220 e. The number of benzene rings is 2. The van der Waals surface area contributed by atoms with Crippen molar-refractivity contribution in [2.75, 3.05) is 20.8 Å². The van der Waals surface area contributed by atoms with E-state index in [4.69, 9.17) is 14.2 Å². The predicted octanol–water partition coefficient (Wildman–Crippen LogP) is 3.16. The van der Waals surface area contributed by atoms with E-state index in [1.54, 1.807) is 20.5 Å². The zero-order chi connectivity index (χ0) is 20.5. The molecule has 1 amide bonds. The first-order valence-electron chi connectivity index (χ1n) is 9.61. The minimum atomic E-state index is -0.104. The second kappa shape index (κ2) is 7.66. The fourth-order valence-corrected chi connectivity index (χ4v) is 3.78. The molecule has 0 aliphatic carbocycles. The van der Waals surface area contributed by atoms with Gasteiger partial charge in [-0.05, 0) is 42.3 Å². The van der Waals surface area contributed by atoms with Crippen LogP contribution in [0.25, 0.3) is 22.2 Å². The van der Waals surface area contributed by atoms with Crippen molar-refractivity contribution in [1.29, 1.82) is 0 Å². The van der Waals surface area contributed by atoms with E-state index in [0.29, 0.717) is 24.5 Å². The molecule has 7 heteroatoms. The molecule has 0 bridgehead atoms. The Morgan fingerprint density at radius 3 is 2.55 bits per heavy atom. The van der Waals surface area contributed by atoms with Gasteiger partial charge in [0.15, 0.2) is 11.5 Å². The summed E-state index contributed by atoms with van der Waals surface area (Å²) in [6.45, 7) is 2.65. The summed E-state index contributed by atoms with van der Waals surface area (Å²) < 4.78 is 19.1. The van der Waals surface area contributed by atoms with Crippen molar-refractivity contribution in [3.63, 3.8) is 0 Å². The first-order chi connectivity index (χ1) is 14.0. The largest absolute Gasteiger partial charge is 0.493 e. The van der Waals surface area contributed by atoms with Crippen LogP contribution >= 0.6 is 0 Å². The molecule has 0 saturated carbocycles. The monoisotopic (exact) mass is 395 g/mol. The summed E-state index contributed by atoms with van der Waals surface area (Å²) in [5, 5.41) is 2.88. The molecule has 29 heavy (non-hydrogen) atoms. The summed E-state index contributed by atoms with van der Waals surface area (Å²) in [5.41, 5.74) is 3.73. The van der Waals surface area contributed by atoms with Gasteiger partial charge in [0.05, 0.1) is 26.1 Å². The van der Waals surface area contributed by atoms with Gasteiger partial charge in [0.1, 0.15) is 17.4 Å². The second-order valence-electron chi connectivity index (χ2n) is 7.36. The molecular formula is C22H25N3O4. The van der Waals surface area contributed by atoms with Gasteiger partial charge in [-0.25, -0.2) is 4.98 Å². The Bertz CT molecular complexity index is 1060. The summed E-state index contributed by atoms with van der Waals surface area (Å²) in [7, 11) is 5.19.